The van der Waals surface area contributed by atoms with E-state index in [0.29, 0.717) is 6.61 Å². The molecule has 0 aromatic heterocycles. The molecule has 1 fully saturated rings. The van der Waals surface area contributed by atoms with E-state index in [-0.39, 0.29) is 0 Å². The molecule has 1 heterocycles. The second-order valence-corrected chi connectivity index (χ2v) is 6.07. The first kappa shape index (κ1) is 15.3. The van der Waals surface area contributed by atoms with Crippen LogP contribution in [0.4, 0.5) is 0 Å². The van der Waals surface area contributed by atoms with Crippen LogP contribution in [0.1, 0.15) is 11.1 Å². The third kappa shape index (κ3) is 4.43. The standard InChI is InChI=1S/C14H20BrClN2O/c1-19-10-12-13(15)8-11(9-14(12)16)2-5-18-6-3-17-4-7-18/h8-9,17H,2-7,10H2,1H3. The van der Waals surface area contributed by atoms with Gasteiger partial charge in [0, 0.05) is 54.9 Å². The Hall–Kier alpha value is -0.130. The summed E-state index contributed by atoms with van der Waals surface area (Å²) in [5.41, 5.74) is 2.30. The van der Waals surface area contributed by atoms with Crippen LogP contribution >= 0.6 is 27.5 Å². The lowest BCUT2D eigenvalue weighted by atomic mass is 10.1. The van der Waals surface area contributed by atoms with Gasteiger partial charge in [-0.3, -0.25) is 0 Å². The van der Waals surface area contributed by atoms with E-state index in [1.54, 1.807) is 7.11 Å². The van der Waals surface area contributed by atoms with Gasteiger partial charge in [-0.25, -0.2) is 0 Å². The summed E-state index contributed by atoms with van der Waals surface area (Å²) in [5, 5.41) is 4.15. The topological polar surface area (TPSA) is 24.5 Å². The first-order valence-electron chi connectivity index (χ1n) is 6.59. The van der Waals surface area contributed by atoms with Crippen molar-refractivity contribution in [2.24, 2.45) is 0 Å². The Kier molecular flexibility index (Phi) is 6.10. The zero-order chi connectivity index (χ0) is 13.7. The van der Waals surface area contributed by atoms with Crippen LogP contribution in [0, 0.1) is 0 Å². The lowest BCUT2D eigenvalue weighted by molar-refractivity contribution is 0.184. The third-order valence-corrected chi connectivity index (χ3v) is 4.46. The number of hydrogen-bond acceptors (Lipinski definition) is 3. The van der Waals surface area contributed by atoms with Gasteiger partial charge in [0.05, 0.1) is 6.61 Å². The van der Waals surface area contributed by atoms with E-state index < -0.39 is 0 Å². The van der Waals surface area contributed by atoms with Gasteiger partial charge in [-0.2, -0.15) is 0 Å². The van der Waals surface area contributed by atoms with Crippen LogP contribution in [0.5, 0.6) is 0 Å². The molecule has 19 heavy (non-hydrogen) atoms. The number of benzene rings is 1. The molecule has 0 saturated carbocycles. The van der Waals surface area contributed by atoms with Crippen LogP contribution in [0.2, 0.25) is 5.02 Å². The molecule has 1 aromatic carbocycles. The number of rotatable bonds is 5. The SMILES string of the molecule is COCc1c(Cl)cc(CCN2CCNCC2)cc1Br. The fraction of sp³-hybridized carbons (Fsp3) is 0.571. The average Bonchev–Trinajstić information content (AvgIpc) is 2.42. The van der Waals surface area contributed by atoms with Crippen LogP contribution in [0.15, 0.2) is 16.6 Å². The Bertz CT molecular complexity index is 399. The van der Waals surface area contributed by atoms with Crippen molar-refractivity contribution in [1.82, 2.24) is 10.2 Å². The molecular formula is C14H20BrClN2O. The van der Waals surface area contributed by atoms with E-state index in [1.165, 1.54) is 5.56 Å². The number of methoxy groups -OCH3 is 1. The van der Waals surface area contributed by atoms with Crippen LogP contribution in [0.25, 0.3) is 0 Å². The van der Waals surface area contributed by atoms with Gasteiger partial charge in [-0.05, 0) is 24.1 Å². The quantitative estimate of drug-likeness (QED) is 0.886. The summed E-state index contributed by atoms with van der Waals surface area (Å²) in [5.74, 6) is 0. The largest absolute Gasteiger partial charge is 0.380 e. The van der Waals surface area contributed by atoms with Crippen molar-refractivity contribution < 1.29 is 4.74 Å². The van der Waals surface area contributed by atoms with E-state index >= 15 is 0 Å². The molecule has 0 spiro atoms. The molecule has 0 radical (unpaired) electrons. The Balaban J connectivity index is 1.96. The summed E-state index contributed by atoms with van der Waals surface area (Å²) in [4.78, 5) is 2.49. The molecule has 1 saturated heterocycles. The molecule has 3 nitrogen and oxygen atoms in total. The summed E-state index contributed by atoms with van der Waals surface area (Å²) in [6.07, 6.45) is 1.03. The molecule has 0 unspecified atom stereocenters. The Morgan fingerprint density at radius 1 is 1.37 bits per heavy atom. The minimum absolute atomic E-state index is 0.539. The van der Waals surface area contributed by atoms with Gasteiger partial charge in [0.2, 0.25) is 0 Å². The lowest BCUT2D eigenvalue weighted by Gasteiger charge is -2.27. The van der Waals surface area contributed by atoms with Gasteiger partial charge in [0.1, 0.15) is 0 Å². The average molecular weight is 348 g/mol. The fourth-order valence-corrected chi connectivity index (χ4v) is 3.34. The Labute approximate surface area is 128 Å². The highest BCUT2D eigenvalue weighted by Crippen LogP contribution is 2.28. The van der Waals surface area contributed by atoms with Crippen LogP contribution in [-0.4, -0.2) is 44.7 Å². The lowest BCUT2D eigenvalue weighted by Crippen LogP contribution is -2.44. The van der Waals surface area contributed by atoms with Gasteiger partial charge in [0.15, 0.2) is 0 Å². The maximum Gasteiger partial charge on any atom is 0.0738 e. The van der Waals surface area contributed by atoms with E-state index in [2.05, 4.69) is 38.3 Å². The molecule has 1 aliphatic heterocycles. The maximum atomic E-state index is 6.30. The van der Waals surface area contributed by atoms with Crippen LogP contribution in [-0.2, 0) is 17.8 Å². The number of hydrogen-bond donors (Lipinski definition) is 1. The molecule has 0 bridgehead atoms. The highest BCUT2D eigenvalue weighted by atomic mass is 79.9. The third-order valence-electron chi connectivity index (χ3n) is 3.42. The molecule has 0 amide bonds. The number of nitrogens with one attached hydrogen (secondary N) is 1. The van der Waals surface area contributed by atoms with Crippen molar-refractivity contribution in [2.45, 2.75) is 13.0 Å². The van der Waals surface area contributed by atoms with Gasteiger partial charge < -0.3 is 15.0 Å². The van der Waals surface area contributed by atoms with E-state index in [4.69, 9.17) is 16.3 Å². The van der Waals surface area contributed by atoms with Crippen molar-refractivity contribution in [3.63, 3.8) is 0 Å². The fourth-order valence-electron chi connectivity index (χ4n) is 2.30. The zero-order valence-corrected chi connectivity index (χ0v) is 13.6. The van der Waals surface area contributed by atoms with Crippen LogP contribution < -0.4 is 5.32 Å². The van der Waals surface area contributed by atoms with Gasteiger partial charge >= 0.3 is 0 Å². The Morgan fingerprint density at radius 3 is 2.74 bits per heavy atom. The van der Waals surface area contributed by atoms with Crippen molar-refractivity contribution >= 4 is 27.5 Å². The molecule has 1 aliphatic rings. The number of ether oxygens (including phenoxy) is 1. The molecule has 2 rings (SSSR count). The Morgan fingerprint density at radius 2 is 2.11 bits per heavy atom. The van der Waals surface area contributed by atoms with Crippen molar-refractivity contribution in [2.75, 3.05) is 39.8 Å². The highest BCUT2D eigenvalue weighted by Gasteiger charge is 2.11. The molecule has 5 heteroatoms. The van der Waals surface area contributed by atoms with E-state index in [0.717, 1.165) is 54.2 Å². The predicted molar refractivity (Wildman–Crippen MR) is 82.9 cm³/mol. The summed E-state index contributed by atoms with van der Waals surface area (Å²) in [6.45, 7) is 6.09. The van der Waals surface area contributed by atoms with Crippen LogP contribution in [0.3, 0.4) is 0 Å². The summed E-state index contributed by atoms with van der Waals surface area (Å²) in [7, 11) is 1.68. The van der Waals surface area contributed by atoms with Gasteiger partial charge in [-0.15, -0.1) is 0 Å². The minimum atomic E-state index is 0.539. The van der Waals surface area contributed by atoms with Gasteiger partial charge in [0.25, 0.3) is 0 Å². The summed E-state index contributed by atoms with van der Waals surface area (Å²) in [6, 6.07) is 4.21. The monoisotopic (exact) mass is 346 g/mol. The summed E-state index contributed by atoms with van der Waals surface area (Å²) < 4.78 is 6.19. The smallest absolute Gasteiger partial charge is 0.0738 e. The predicted octanol–water partition coefficient (Wildman–Crippen LogP) is 2.70. The molecule has 0 atom stereocenters. The zero-order valence-electron chi connectivity index (χ0n) is 11.2. The first-order valence-corrected chi connectivity index (χ1v) is 7.76. The van der Waals surface area contributed by atoms with Crippen molar-refractivity contribution in [3.05, 3.63) is 32.8 Å². The van der Waals surface area contributed by atoms with Gasteiger partial charge in [-0.1, -0.05) is 27.5 Å². The number of nitrogens with zero attached hydrogens (tertiary/aromatic N) is 1. The molecular weight excluding hydrogens is 328 g/mol. The minimum Gasteiger partial charge on any atom is -0.380 e. The molecule has 1 aromatic rings. The summed E-state index contributed by atoms with van der Waals surface area (Å²) >= 11 is 9.88. The molecule has 0 aliphatic carbocycles. The highest BCUT2D eigenvalue weighted by molar-refractivity contribution is 9.10. The normalized spacial score (nSPS) is 16.8. The first-order chi connectivity index (χ1) is 9.20. The number of halogens is 2. The van der Waals surface area contributed by atoms with E-state index in [1.807, 2.05) is 0 Å². The maximum absolute atomic E-state index is 6.30. The van der Waals surface area contributed by atoms with Crippen molar-refractivity contribution in [1.29, 1.82) is 0 Å². The van der Waals surface area contributed by atoms with E-state index in [9.17, 15) is 0 Å². The molecule has 1 N–H and O–H groups in total. The van der Waals surface area contributed by atoms with Crippen molar-refractivity contribution in [3.8, 4) is 0 Å². The second kappa shape index (κ2) is 7.60. The molecule has 106 valence electrons. The second-order valence-electron chi connectivity index (χ2n) is 4.81. The number of piperazine rings is 1.